The lowest BCUT2D eigenvalue weighted by molar-refractivity contribution is -0.200. The molecule has 1 aliphatic rings. The number of rotatable bonds is 4. The first-order chi connectivity index (χ1) is 14.0. The third-order valence-corrected chi connectivity index (χ3v) is 5.09. The fraction of sp³-hybridized carbons (Fsp3) is 0.429. The van der Waals surface area contributed by atoms with Crippen molar-refractivity contribution >= 4 is 0 Å². The summed E-state index contributed by atoms with van der Waals surface area (Å²) in [6.07, 6.45) is -11.3. The van der Waals surface area contributed by atoms with E-state index in [0.29, 0.717) is 18.6 Å². The molecule has 0 aromatic heterocycles. The number of benzene rings is 2. The summed E-state index contributed by atoms with van der Waals surface area (Å²) in [5, 5.41) is 0. The standard InChI is InChI=1S/C21H21F6NO2/c1-12(14-9-15(20(22,23)24)11-16(10-14)21(25,26)27)30-19-18(17(28)7-8-29-19)13-5-3-2-4-6-13/h2-6,9-12,17-19H,7-8,28H2,1H3/t12-,17-,18-,19-/m1/s1. The topological polar surface area (TPSA) is 44.5 Å². The fourth-order valence-corrected chi connectivity index (χ4v) is 3.50. The van der Waals surface area contributed by atoms with Gasteiger partial charge in [-0.3, -0.25) is 0 Å². The zero-order chi connectivity index (χ0) is 22.1. The normalized spacial score (nSPS) is 23.9. The molecule has 0 radical (unpaired) electrons. The third-order valence-electron chi connectivity index (χ3n) is 5.09. The molecule has 1 saturated heterocycles. The van der Waals surface area contributed by atoms with Gasteiger partial charge >= 0.3 is 12.4 Å². The highest BCUT2D eigenvalue weighted by atomic mass is 19.4. The van der Waals surface area contributed by atoms with Gasteiger partial charge in [-0.15, -0.1) is 0 Å². The molecule has 2 aromatic carbocycles. The van der Waals surface area contributed by atoms with Gasteiger partial charge in [-0.05, 0) is 42.7 Å². The second-order valence-corrected chi connectivity index (χ2v) is 7.25. The van der Waals surface area contributed by atoms with E-state index in [4.69, 9.17) is 15.2 Å². The Balaban J connectivity index is 1.91. The van der Waals surface area contributed by atoms with Gasteiger partial charge in [0, 0.05) is 6.04 Å². The first-order valence-electron chi connectivity index (χ1n) is 9.34. The molecule has 9 heteroatoms. The van der Waals surface area contributed by atoms with Crippen LogP contribution in [0.1, 0.15) is 47.6 Å². The Kier molecular flexibility index (Phi) is 6.45. The monoisotopic (exact) mass is 433 g/mol. The molecule has 2 aromatic rings. The lowest BCUT2D eigenvalue weighted by Crippen LogP contribution is -2.44. The van der Waals surface area contributed by atoms with Crippen molar-refractivity contribution in [1.29, 1.82) is 0 Å². The Morgan fingerprint density at radius 1 is 0.967 bits per heavy atom. The van der Waals surface area contributed by atoms with E-state index in [0.717, 1.165) is 5.56 Å². The third kappa shape index (κ3) is 5.14. The number of nitrogens with two attached hydrogens (primary N) is 1. The van der Waals surface area contributed by atoms with Crippen molar-refractivity contribution in [2.75, 3.05) is 6.61 Å². The van der Waals surface area contributed by atoms with Crippen LogP contribution in [0.2, 0.25) is 0 Å². The second kappa shape index (κ2) is 8.56. The number of hydrogen-bond acceptors (Lipinski definition) is 3. The summed E-state index contributed by atoms with van der Waals surface area (Å²) in [6, 6.07) is 10.2. The Morgan fingerprint density at radius 3 is 2.07 bits per heavy atom. The van der Waals surface area contributed by atoms with E-state index in [1.165, 1.54) is 6.92 Å². The molecule has 0 unspecified atom stereocenters. The average molecular weight is 433 g/mol. The van der Waals surface area contributed by atoms with Crippen molar-refractivity contribution in [3.05, 3.63) is 70.8 Å². The molecule has 1 fully saturated rings. The predicted octanol–water partition coefficient (Wildman–Crippen LogP) is 5.66. The Morgan fingerprint density at radius 2 is 1.53 bits per heavy atom. The van der Waals surface area contributed by atoms with Crippen LogP contribution in [0.3, 0.4) is 0 Å². The summed E-state index contributed by atoms with van der Waals surface area (Å²) < 4.78 is 90.3. The SMILES string of the molecule is C[C@@H](O[C@H]1OCC[C@@H](N)[C@H]1c1ccccc1)c1cc(C(F)(F)F)cc(C(F)(F)F)c1. The van der Waals surface area contributed by atoms with Crippen LogP contribution in [0, 0.1) is 0 Å². The molecule has 1 aliphatic heterocycles. The van der Waals surface area contributed by atoms with E-state index < -0.39 is 41.8 Å². The van der Waals surface area contributed by atoms with E-state index >= 15 is 0 Å². The molecule has 0 saturated carbocycles. The van der Waals surface area contributed by atoms with Crippen LogP contribution in [0.15, 0.2) is 48.5 Å². The van der Waals surface area contributed by atoms with Crippen LogP contribution in [0.25, 0.3) is 0 Å². The zero-order valence-electron chi connectivity index (χ0n) is 16.0. The van der Waals surface area contributed by atoms with Crippen LogP contribution in [-0.4, -0.2) is 18.9 Å². The van der Waals surface area contributed by atoms with E-state index in [1.807, 2.05) is 18.2 Å². The lowest BCUT2D eigenvalue weighted by atomic mass is 9.88. The first-order valence-corrected chi connectivity index (χ1v) is 9.34. The number of alkyl halides is 6. The molecular formula is C21H21F6NO2. The van der Waals surface area contributed by atoms with Gasteiger partial charge < -0.3 is 15.2 Å². The van der Waals surface area contributed by atoms with Crippen molar-refractivity contribution in [3.8, 4) is 0 Å². The quantitative estimate of drug-likeness (QED) is 0.633. The van der Waals surface area contributed by atoms with E-state index in [-0.39, 0.29) is 24.3 Å². The van der Waals surface area contributed by atoms with Gasteiger partial charge in [-0.2, -0.15) is 26.3 Å². The van der Waals surface area contributed by atoms with Gasteiger partial charge in [0.2, 0.25) is 0 Å². The van der Waals surface area contributed by atoms with Gasteiger partial charge in [0.25, 0.3) is 0 Å². The maximum atomic E-state index is 13.1. The maximum absolute atomic E-state index is 13.1. The predicted molar refractivity (Wildman–Crippen MR) is 97.5 cm³/mol. The number of ether oxygens (including phenoxy) is 2. The Hall–Kier alpha value is -2.10. The van der Waals surface area contributed by atoms with Crippen LogP contribution < -0.4 is 5.73 Å². The summed E-state index contributed by atoms with van der Waals surface area (Å²) in [7, 11) is 0. The molecule has 3 rings (SSSR count). The Bertz CT molecular complexity index is 821. The molecule has 2 N–H and O–H groups in total. The molecule has 0 bridgehead atoms. The summed E-state index contributed by atoms with van der Waals surface area (Å²) >= 11 is 0. The smallest absolute Gasteiger partial charge is 0.352 e. The maximum Gasteiger partial charge on any atom is 0.416 e. The molecule has 0 aliphatic carbocycles. The van der Waals surface area contributed by atoms with Crippen LogP contribution >= 0.6 is 0 Å². The van der Waals surface area contributed by atoms with Crippen LogP contribution in [0.5, 0.6) is 0 Å². The van der Waals surface area contributed by atoms with E-state index in [1.54, 1.807) is 12.1 Å². The molecule has 0 amide bonds. The highest BCUT2D eigenvalue weighted by molar-refractivity contribution is 5.34. The van der Waals surface area contributed by atoms with Gasteiger partial charge in [0.05, 0.1) is 29.8 Å². The average Bonchev–Trinajstić information content (AvgIpc) is 2.67. The molecule has 30 heavy (non-hydrogen) atoms. The lowest BCUT2D eigenvalue weighted by Gasteiger charge is -2.37. The minimum atomic E-state index is -4.92. The van der Waals surface area contributed by atoms with Crippen molar-refractivity contribution in [2.45, 2.75) is 50.1 Å². The van der Waals surface area contributed by atoms with Crippen molar-refractivity contribution in [2.24, 2.45) is 5.73 Å². The van der Waals surface area contributed by atoms with E-state index in [2.05, 4.69) is 0 Å². The van der Waals surface area contributed by atoms with Gasteiger partial charge in [-0.25, -0.2) is 0 Å². The highest BCUT2D eigenvalue weighted by Gasteiger charge is 2.39. The zero-order valence-corrected chi connectivity index (χ0v) is 16.0. The largest absolute Gasteiger partial charge is 0.416 e. The molecule has 3 nitrogen and oxygen atoms in total. The molecule has 4 atom stereocenters. The summed E-state index contributed by atoms with van der Waals surface area (Å²) in [5.74, 6) is -0.407. The van der Waals surface area contributed by atoms with Crippen molar-refractivity contribution in [1.82, 2.24) is 0 Å². The fourth-order valence-electron chi connectivity index (χ4n) is 3.50. The van der Waals surface area contributed by atoms with Crippen molar-refractivity contribution in [3.63, 3.8) is 0 Å². The minimum absolute atomic E-state index is 0.0933. The van der Waals surface area contributed by atoms with Gasteiger partial charge in [-0.1, -0.05) is 30.3 Å². The van der Waals surface area contributed by atoms with Crippen LogP contribution in [-0.2, 0) is 21.8 Å². The number of halogens is 6. The van der Waals surface area contributed by atoms with Gasteiger partial charge in [0.1, 0.15) is 0 Å². The second-order valence-electron chi connectivity index (χ2n) is 7.25. The Labute approximate surface area is 169 Å². The van der Waals surface area contributed by atoms with Crippen molar-refractivity contribution < 1.29 is 35.8 Å². The first kappa shape index (κ1) is 22.6. The molecule has 164 valence electrons. The molecule has 1 heterocycles. The summed E-state index contributed by atoms with van der Waals surface area (Å²) in [5.41, 5.74) is 4.03. The van der Waals surface area contributed by atoms with E-state index in [9.17, 15) is 26.3 Å². The molecular weight excluding hydrogens is 412 g/mol. The summed E-state index contributed by atoms with van der Waals surface area (Å²) in [6.45, 7) is 1.67. The van der Waals surface area contributed by atoms with Crippen LogP contribution in [0.4, 0.5) is 26.3 Å². The van der Waals surface area contributed by atoms with Gasteiger partial charge in [0.15, 0.2) is 6.29 Å². The summed E-state index contributed by atoms with van der Waals surface area (Å²) in [4.78, 5) is 0. The minimum Gasteiger partial charge on any atom is -0.352 e. The molecule has 0 spiro atoms. The highest BCUT2D eigenvalue weighted by Crippen LogP contribution is 2.39. The number of hydrogen-bond donors (Lipinski definition) is 1.